The molecule has 1 aromatic heterocycles. The number of likely N-dealkylation sites (tertiary alicyclic amines) is 1. The Morgan fingerprint density at radius 2 is 2.10 bits per heavy atom. The number of carbonyl (C=O) groups is 1. The van der Waals surface area contributed by atoms with Crippen molar-refractivity contribution >= 4 is 21.8 Å². The number of hydrogen-bond donors (Lipinski definition) is 1. The van der Waals surface area contributed by atoms with Gasteiger partial charge < -0.3 is 10.0 Å². The Bertz CT molecular complexity index is 464. The number of halogens is 1. The molecule has 0 spiro atoms. The first kappa shape index (κ1) is 15.4. The minimum absolute atomic E-state index is 0.0631. The van der Waals surface area contributed by atoms with Crippen LogP contribution < -0.4 is 0 Å². The predicted octanol–water partition coefficient (Wildman–Crippen LogP) is 1.96. The lowest BCUT2D eigenvalue weighted by atomic mass is 9.95. The van der Waals surface area contributed by atoms with Gasteiger partial charge in [0.25, 0.3) is 5.91 Å². The molecule has 0 saturated carbocycles. The standard InChI is InChI=1S/C14H20BrN3O2/c1-9(2)12(19)14(20)18-5-3-4-10(8-18)13-16-6-11(15)7-17-13/h6-7,9-10,12,19H,3-5,8H2,1-2H3/t10?,12-/m1/s1. The van der Waals surface area contributed by atoms with E-state index < -0.39 is 6.10 Å². The van der Waals surface area contributed by atoms with Gasteiger partial charge in [0.15, 0.2) is 0 Å². The fourth-order valence-corrected chi connectivity index (χ4v) is 2.60. The first-order valence-electron chi connectivity index (χ1n) is 6.93. The van der Waals surface area contributed by atoms with E-state index in [1.54, 1.807) is 17.3 Å². The molecular formula is C14H20BrN3O2. The van der Waals surface area contributed by atoms with E-state index in [1.165, 1.54) is 0 Å². The zero-order chi connectivity index (χ0) is 14.7. The third-order valence-electron chi connectivity index (χ3n) is 3.62. The number of piperidine rings is 1. The van der Waals surface area contributed by atoms with Crippen molar-refractivity contribution in [1.29, 1.82) is 0 Å². The second-order valence-corrected chi connectivity index (χ2v) is 6.49. The Balaban J connectivity index is 2.05. The molecular weight excluding hydrogens is 322 g/mol. The first-order chi connectivity index (χ1) is 9.49. The third kappa shape index (κ3) is 3.55. The van der Waals surface area contributed by atoms with Gasteiger partial charge in [-0.3, -0.25) is 4.79 Å². The molecule has 1 saturated heterocycles. The Morgan fingerprint density at radius 3 is 2.70 bits per heavy atom. The maximum absolute atomic E-state index is 12.2. The highest BCUT2D eigenvalue weighted by atomic mass is 79.9. The van der Waals surface area contributed by atoms with Gasteiger partial charge in [0.2, 0.25) is 0 Å². The van der Waals surface area contributed by atoms with Crippen LogP contribution in [-0.4, -0.2) is 45.1 Å². The van der Waals surface area contributed by atoms with Crippen molar-refractivity contribution < 1.29 is 9.90 Å². The van der Waals surface area contributed by atoms with Gasteiger partial charge in [-0.15, -0.1) is 0 Å². The summed E-state index contributed by atoms with van der Waals surface area (Å²) < 4.78 is 0.847. The summed E-state index contributed by atoms with van der Waals surface area (Å²) in [5.41, 5.74) is 0. The molecule has 1 aliphatic heterocycles. The zero-order valence-electron chi connectivity index (χ0n) is 11.8. The van der Waals surface area contributed by atoms with Crippen LogP contribution in [0.15, 0.2) is 16.9 Å². The fourth-order valence-electron chi connectivity index (χ4n) is 2.39. The lowest BCUT2D eigenvalue weighted by Gasteiger charge is -2.34. The Labute approximate surface area is 127 Å². The zero-order valence-corrected chi connectivity index (χ0v) is 13.4. The molecule has 0 bridgehead atoms. The van der Waals surface area contributed by atoms with Crippen molar-refractivity contribution in [2.45, 2.75) is 38.7 Å². The molecule has 2 rings (SSSR count). The topological polar surface area (TPSA) is 66.3 Å². The summed E-state index contributed by atoms with van der Waals surface area (Å²) in [7, 11) is 0. The molecule has 0 aromatic carbocycles. The van der Waals surface area contributed by atoms with Gasteiger partial charge in [-0.1, -0.05) is 13.8 Å². The quantitative estimate of drug-likeness (QED) is 0.912. The van der Waals surface area contributed by atoms with E-state index in [0.717, 1.165) is 23.1 Å². The van der Waals surface area contributed by atoms with Crippen LogP contribution in [0.2, 0.25) is 0 Å². The number of aliphatic hydroxyl groups is 1. The van der Waals surface area contributed by atoms with E-state index >= 15 is 0 Å². The SMILES string of the molecule is CC(C)[C@@H](O)C(=O)N1CCCC(c2ncc(Br)cn2)C1. The molecule has 20 heavy (non-hydrogen) atoms. The minimum atomic E-state index is -0.917. The van der Waals surface area contributed by atoms with Crippen LogP contribution >= 0.6 is 15.9 Å². The fraction of sp³-hybridized carbons (Fsp3) is 0.643. The molecule has 6 heteroatoms. The van der Waals surface area contributed by atoms with E-state index in [9.17, 15) is 9.90 Å². The van der Waals surface area contributed by atoms with E-state index in [-0.39, 0.29) is 17.7 Å². The molecule has 2 heterocycles. The molecule has 1 aromatic rings. The Morgan fingerprint density at radius 1 is 1.45 bits per heavy atom. The van der Waals surface area contributed by atoms with Crippen molar-refractivity contribution in [2.24, 2.45) is 5.92 Å². The normalized spacial score (nSPS) is 21.1. The van der Waals surface area contributed by atoms with Gasteiger partial charge in [0.05, 0.1) is 4.47 Å². The molecule has 110 valence electrons. The maximum Gasteiger partial charge on any atom is 0.251 e. The monoisotopic (exact) mass is 341 g/mol. The summed E-state index contributed by atoms with van der Waals surface area (Å²) in [6.07, 6.45) is 4.43. The summed E-state index contributed by atoms with van der Waals surface area (Å²) in [5.74, 6) is 0.679. The first-order valence-corrected chi connectivity index (χ1v) is 7.72. The van der Waals surface area contributed by atoms with E-state index in [4.69, 9.17) is 0 Å². The summed E-state index contributed by atoms with van der Waals surface area (Å²) in [5, 5.41) is 9.91. The van der Waals surface area contributed by atoms with Crippen molar-refractivity contribution in [3.8, 4) is 0 Å². The number of rotatable bonds is 3. The van der Waals surface area contributed by atoms with Crippen LogP contribution in [0.3, 0.4) is 0 Å². The largest absolute Gasteiger partial charge is 0.383 e. The van der Waals surface area contributed by atoms with Gasteiger partial charge in [-0.25, -0.2) is 9.97 Å². The molecule has 1 unspecified atom stereocenters. The van der Waals surface area contributed by atoms with Gasteiger partial charge in [-0.2, -0.15) is 0 Å². The summed E-state index contributed by atoms with van der Waals surface area (Å²) in [6.45, 7) is 4.99. The van der Waals surface area contributed by atoms with Crippen LogP contribution in [0.25, 0.3) is 0 Å². The van der Waals surface area contributed by atoms with Gasteiger partial charge >= 0.3 is 0 Å². The highest BCUT2D eigenvalue weighted by Crippen LogP contribution is 2.25. The third-order valence-corrected chi connectivity index (χ3v) is 4.03. The van der Waals surface area contributed by atoms with Crippen molar-refractivity contribution in [1.82, 2.24) is 14.9 Å². The molecule has 1 fully saturated rings. The van der Waals surface area contributed by atoms with Crippen molar-refractivity contribution in [2.75, 3.05) is 13.1 Å². The summed E-state index contributed by atoms with van der Waals surface area (Å²) in [6, 6.07) is 0. The highest BCUT2D eigenvalue weighted by molar-refractivity contribution is 9.10. The molecule has 5 nitrogen and oxygen atoms in total. The highest BCUT2D eigenvalue weighted by Gasteiger charge is 2.30. The minimum Gasteiger partial charge on any atom is -0.383 e. The lowest BCUT2D eigenvalue weighted by molar-refractivity contribution is -0.143. The lowest BCUT2D eigenvalue weighted by Crippen LogP contribution is -2.46. The molecule has 2 atom stereocenters. The molecule has 0 aliphatic carbocycles. The number of carbonyl (C=O) groups excluding carboxylic acids is 1. The number of aliphatic hydroxyl groups excluding tert-OH is 1. The number of amides is 1. The average Bonchev–Trinajstić information content (AvgIpc) is 2.46. The van der Waals surface area contributed by atoms with Crippen LogP contribution in [0.4, 0.5) is 0 Å². The number of aromatic nitrogens is 2. The molecule has 0 radical (unpaired) electrons. The smallest absolute Gasteiger partial charge is 0.251 e. The van der Waals surface area contributed by atoms with Gasteiger partial charge in [0, 0.05) is 31.4 Å². The second kappa shape index (κ2) is 6.63. The maximum atomic E-state index is 12.2. The van der Waals surface area contributed by atoms with E-state index in [2.05, 4.69) is 25.9 Å². The number of nitrogens with zero attached hydrogens (tertiary/aromatic N) is 3. The molecule has 1 N–H and O–H groups in total. The van der Waals surface area contributed by atoms with Crippen molar-refractivity contribution in [3.63, 3.8) is 0 Å². The Hall–Kier alpha value is -1.01. The van der Waals surface area contributed by atoms with Crippen molar-refractivity contribution in [3.05, 3.63) is 22.7 Å². The molecule has 1 amide bonds. The predicted molar refractivity (Wildman–Crippen MR) is 79.1 cm³/mol. The van der Waals surface area contributed by atoms with E-state index in [1.807, 2.05) is 13.8 Å². The van der Waals surface area contributed by atoms with Crippen LogP contribution in [0.5, 0.6) is 0 Å². The number of hydrogen-bond acceptors (Lipinski definition) is 4. The van der Waals surface area contributed by atoms with Gasteiger partial charge in [0.1, 0.15) is 11.9 Å². The summed E-state index contributed by atoms with van der Waals surface area (Å²) >= 11 is 3.32. The summed E-state index contributed by atoms with van der Waals surface area (Å²) in [4.78, 5) is 22.6. The molecule has 1 aliphatic rings. The van der Waals surface area contributed by atoms with E-state index in [0.29, 0.717) is 13.1 Å². The second-order valence-electron chi connectivity index (χ2n) is 5.57. The van der Waals surface area contributed by atoms with Crippen LogP contribution in [-0.2, 0) is 4.79 Å². The van der Waals surface area contributed by atoms with Crippen LogP contribution in [0, 0.1) is 5.92 Å². The van der Waals surface area contributed by atoms with Gasteiger partial charge in [-0.05, 0) is 34.7 Å². The van der Waals surface area contributed by atoms with Crippen LogP contribution in [0.1, 0.15) is 38.4 Å². The average molecular weight is 342 g/mol. The Kier molecular flexibility index (Phi) is 5.10.